The Hall–Kier alpha value is -3.14. The van der Waals surface area contributed by atoms with E-state index >= 15 is 0 Å². The summed E-state index contributed by atoms with van der Waals surface area (Å²) in [5.74, 6) is -0.346. The molecular formula is C30H45N5O5. The van der Waals surface area contributed by atoms with E-state index in [0.29, 0.717) is 51.6 Å². The summed E-state index contributed by atoms with van der Waals surface area (Å²) in [5, 5.41) is 10.4. The van der Waals surface area contributed by atoms with Crippen LogP contribution in [-0.2, 0) is 16.1 Å². The van der Waals surface area contributed by atoms with Gasteiger partial charge in [0.2, 0.25) is 5.91 Å². The number of hydrogen-bond acceptors (Lipinski definition) is 5. The summed E-state index contributed by atoms with van der Waals surface area (Å²) >= 11 is 0. The van der Waals surface area contributed by atoms with Gasteiger partial charge in [0.1, 0.15) is 0 Å². The maximum Gasteiger partial charge on any atom is 0.407 e. The molecule has 1 aromatic heterocycles. The zero-order valence-electron chi connectivity index (χ0n) is 24.8. The molecular weight excluding hydrogens is 510 g/mol. The summed E-state index contributed by atoms with van der Waals surface area (Å²) in [7, 11) is 0. The first-order chi connectivity index (χ1) is 18.9. The van der Waals surface area contributed by atoms with Gasteiger partial charge in [-0.3, -0.25) is 9.59 Å². The summed E-state index contributed by atoms with van der Waals surface area (Å²) in [4.78, 5) is 50.7. The highest BCUT2D eigenvalue weighted by Gasteiger charge is 2.50. The standard InChI is InChI=1S/C30H45N5O5/c1-7-12-33-23-11-9-8-10-22(23)31-26(33)28(37)34(18-20(2)3)24-17-21(27(36)32-13-15-40-16-14-32)19-35(29(38)39)25(24)30(4,5)6/h8-11,20-21,24-25H,7,12-19H2,1-6H3,(H,38,39)/t21-,24+,25?/m1/s1. The molecule has 0 radical (unpaired) electrons. The minimum absolute atomic E-state index is 0.0675. The predicted octanol–water partition coefficient (Wildman–Crippen LogP) is 4.19. The third-order valence-electron chi connectivity index (χ3n) is 7.96. The van der Waals surface area contributed by atoms with Crippen molar-refractivity contribution in [2.24, 2.45) is 17.3 Å². The van der Waals surface area contributed by atoms with Crippen LogP contribution in [0.15, 0.2) is 24.3 Å². The molecule has 1 N–H and O–H groups in total. The van der Waals surface area contributed by atoms with E-state index in [-0.39, 0.29) is 24.3 Å². The van der Waals surface area contributed by atoms with Crippen LogP contribution in [0.4, 0.5) is 4.79 Å². The monoisotopic (exact) mass is 555 g/mol. The minimum atomic E-state index is -1.07. The number of fused-ring (bicyclic) bond motifs is 1. The van der Waals surface area contributed by atoms with Crippen LogP contribution in [-0.4, -0.2) is 98.7 Å². The van der Waals surface area contributed by atoms with Crippen LogP contribution >= 0.6 is 0 Å². The Morgan fingerprint density at radius 2 is 1.82 bits per heavy atom. The molecule has 3 amide bonds. The van der Waals surface area contributed by atoms with Crippen LogP contribution in [0.1, 0.15) is 65.0 Å². The molecule has 220 valence electrons. The van der Waals surface area contributed by atoms with Crippen LogP contribution in [0.5, 0.6) is 0 Å². The van der Waals surface area contributed by atoms with E-state index in [4.69, 9.17) is 9.72 Å². The number of imidazole rings is 1. The Balaban J connectivity index is 1.80. The van der Waals surface area contributed by atoms with Crippen molar-refractivity contribution in [2.45, 2.75) is 73.0 Å². The minimum Gasteiger partial charge on any atom is -0.465 e. The summed E-state index contributed by atoms with van der Waals surface area (Å²) < 4.78 is 7.41. The lowest BCUT2D eigenvalue weighted by molar-refractivity contribution is -0.144. The number of morpholine rings is 1. The Morgan fingerprint density at radius 1 is 1.15 bits per heavy atom. The number of para-hydroxylation sites is 2. The average Bonchev–Trinajstić information content (AvgIpc) is 3.28. The molecule has 2 saturated heterocycles. The number of carbonyl (C=O) groups excluding carboxylic acids is 2. The molecule has 10 nitrogen and oxygen atoms in total. The first-order valence-corrected chi connectivity index (χ1v) is 14.6. The first-order valence-electron chi connectivity index (χ1n) is 14.6. The molecule has 2 aliphatic heterocycles. The second-order valence-corrected chi connectivity index (χ2v) is 12.6. The number of nitrogens with zero attached hydrogens (tertiary/aromatic N) is 5. The number of hydrogen-bond donors (Lipinski definition) is 1. The van der Waals surface area contributed by atoms with E-state index in [1.807, 2.05) is 54.5 Å². The number of amides is 3. The van der Waals surface area contributed by atoms with Crippen LogP contribution in [0, 0.1) is 17.3 Å². The predicted molar refractivity (Wildman–Crippen MR) is 153 cm³/mol. The van der Waals surface area contributed by atoms with E-state index in [2.05, 4.69) is 20.8 Å². The van der Waals surface area contributed by atoms with Crippen LogP contribution < -0.4 is 0 Å². The topological polar surface area (TPSA) is 108 Å². The van der Waals surface area contributed by atoms with E-state index in [0.717, 1.165) is 17.5 Å². The van der Waals surface area contributed by atoms with Crippen molar-refractivity contribution in [1.29, 1.82) is 0 Å². The van der Waals surface area contributed by atoms with Crippen LogP contribution in [0.25, 0.3) is 11.0 Å². The van der Waals surface area contributed by atoms with Crippen molar-refractivity contribution in [3.05, 3.63) is 30.1 Å². The molecule has 0 bridgehead atoms. The van der Waals surface area contributed by atoms with Gasteiger partial charge >= 0.3 is 6.09 Å². The number of ether oxygens (including phenoxy) is 1. The molecule has 4 rings (SSSR count). The second-order valence-electron chi connectivity index (χ2n) is 12.6. The smallest absolute Gasteiger partial charge is 0.407 e. The number of rotatable bonds is 7. The number of aryl methyl sites for hydroxylation is 1. The van der Waals surface area contributed by atoms with Gasteiger partial charge in [-0.05, 0) is 36.3 Å². The summed E-state index contributed by atoms with van der Waals surface area (Å²) in [6, 6.07) is 6.75. The molecule has 3 atom stereocenters. The molecule has 2 aromatic rings. The number of carboxylic acid groups (broad SMARTS) is 1. The van der Waals surface area contributed by atoms with Gasteiger partial charge in [0.25, 0.3) is 5.91 Å². The van der Waals surface area contributed by atoms with Crippen LogP contribution in [0.3, 0.4) is 0 Å². The van der Waals surface area contributed by atoms with Gasteiger partial charge in [-0.2, -0.15) is 0 Å². The molecule has 40 heavy (non-hydrogen) atoms. The number of carbonyl (C=O) groups is 3. The van der Waals surface area contributed by atoms with Crippen molar-refractivity contribution in [2.75, 3.05) is 39.4 Å². The van der Waals surface area contributed by atoms with Gasteiger partial charge < -0.3 is 29.1 Å². The third-order valence-corrected chi connectivity index (χ3v) is 7.96. The van der Waals surface area contributed by atoms with Crippen molar-refractivity contribution >= 4 is 28.9 Å². The van der Waals surface area contributed by atoms with Gasteiger partial charge in [0.15, 0.2) is 5.82 Å². The fraction of sp³-hybridized carbons (Fsp3) is 0.667. The Labute approximate surface area is 237 Å². The molecule has 2 fully saturated rings. The van der Waals surface area contributed by atoms with Gasteiger partial charge in [0.05, 0.1) is 42.2 Å². The van der Waals surface area contributed by atoms with Crippen molar-refractivity contribution in [1.82, 2.24) is 24.3 Å². The maximum absolute atomic E-state index is 14.5. The second kappa shape index (κ2) is 12.2. The lowest BCUT2D eigenvalue weighted by Gasteiger charge is -2.52. The molecule has 1 unspecified atom stereocenters. The largest absolute Gasteiger partial charge is 0.465 e. The van der Waals surface area contributed by atoms with E-state index < -0.39 is 29.5 Å². The Kier molecular flexibility index (Phi) is 9.07. The van der Waals surface area contributed by atoms with Gasteiger partial charge in [0, 0.05) is 32.7 Å². The summed E-state index contributed by atoms with van der Waals surface area (Å²) in [6.45, 7) is 15.3. The SMILES string of the molecule is CCCn1c(C(=O)N(CC(C)C)[C@H]2C[C@@H](C(=O)N3CCOCC3)CN(C(=O)O)C2C(C)(C)C)nc2ccccc21. The normalized spacial score (nSPS) is 22.1. The average molecular weight is 556 g/mol. The third kappa shape index (κ3) is 6.11. The lowest BCUT2D eigenvalue weighted by atomic mass is 9.74. The van der Waals surface area contributed by atoms with Crippen LogP contribution in [0.2, 0.25) is 0 Å². The molecule has 10 heteroatoms. The summed E-state index contributed by atoms with van der Waals surface area (Å²) in [6.07, 6.45) is 0.162. The molecule has 0 saturated carbocycles. The molecule has 1 aromatic carbocycles. The Morgan fingerprint density at radius 3 is 2.42 bits per heavy atom. The molecule has 3 heterocycles. The molecule has 0 spiro atoms. The highest BCUT2D eigenvalue weighted by molar-refractivity contribution is 5.95. The van der Waals surface area contributed by atoms with E-state index in [1.165, 1.54) is 4.90 Å². The highest BCUT2D eigenvalue weighted by atomic mass is 16.5. The highest BCUT2D eigenvalue weighted by Crippen LogP contribution is 2.38. The Bertz CT molecular complexity index is 1210. The summed E-state index contributed by atoms with van der Waals surface area (Å²) in [5.41, 5.74) is 1.18. The van der Waals surface area contributed by atoms with Gasteiger partial charge in [-0.25, -0.2) is 9.78 Å². The maximum atomic E-state index is 14.5. The molecule has 2 aliphatic rings. The van der Waals surface area contributed by atoms with Crippen molar-refractivity contribution in [3.63, 3.8) is 0 Å². The zero-order valence-corrected chi connectivity index (χ0v) is 24.8. The number of likely N-dealkylation sites (tertiary alicyclic amines) is 1. The van der Waals surface area contributed by atoms with E-state index in [1.54, 1.807) is 4.90 Å². The number of piperidine rings is 1. The number of benzene rings is 1. The quantitative estimate of drug-likeness (QED) is 0.549. The first kappa shape index (κ1) is 29.8. The van der Waals surface area contributed by atoms with Gasteiger partial charge in [-0.15, -0.1) is 0 Å². The lowest BCUT2D eigenvalue weighted by Crippen LogP contribution is -2.66. The fourth-order valence-corrected chi connectivity index (χ4v) is 6.39. The fourth-order valence-electron chi connectivity index (χ4n) is 6.39. The molecule has 0 aliphatic carbocycles. The van der Waals surface area contributed by atoms with Crippen molar-refractivity contribution in [3.8, 4) is 0 Å². The van der Waals surface area contributed by atoms with Gasteiger partial charge in [-0.1, -0.05) is 53.7 Å². The zero-order chi connectivity index (χ0) is 29.2. The number of aromatic nitrogens is 2. The van der Waals surface area contributed by atoms with E-state index in [9.17, 15) is 19.5 Å². The van der Waals surface area contributed by atoms with Crippen molar-refractivity contribution < 1.29 is 24.2 Å².